The number of ether oxygens (including phenoxy) is 1. The van der Waals surface area contributed by atoms with Gasteiger partial charge in [-0.3, -0.25) is 14.5 Å². The lowest BCUT2D eigenvalue weighted by molar-refractivity contribution is -0.134. The molecule has 0 saturated carbocycles. The van der Waals surface area contributed by atoms with Crippen LogP contribution >= 0.6 is 11.6 Å². The molecule has 0 aliphatic carbocycles. The van der Waals surface area contributed by atoms with E-state index in [1.165, 1.54) is 0 Å². The molecule has 1 heterocycles. The van der Waals surface area contributed by atoms with Gasteiger partial charge in [-0.25, -0.2) is 4.79 Å². The zero-order valence-corrected chi connectivity index (χ0v) is 17.0. The Morgan fingerprint density at radius 2 is 1.93 bits per heavy atom. The fourth-order valence-electron chi connectivity index (χ4n) is 3.04. The van der Waals surface area contributed by atoms with Gasteiger partial charge in [0.15, 0.2) is 0 Å². The predicted octanol–water partition coefficient (Wildman–Crippen LogP) is 2.61. The largest absolute Gasteiger partial charge is 0.492 e. The zero-order valence-electron chi connectivity index (χ0n) is 16.2. The first kappa shape index (κ1) is 20.7. The average Bonchev–Trinajstić information content (AvgIpc) is 2.90. The molecule has 1 saturated heterocycles. The molecule has 1 atom stereocenters. The maximum atomic E-state index is 12.8. The minimum atomic E-state index is -1.19. The summed E-state index contributed by atoms with van der Waals surface area (Å²) < 4.78 is 5.49. The second-order valence-corrected chi connectivity index (χ2v) is 7.40. The summed E-state index contributed by atoms with van der Waals surface area (Å²) >= 11 is 5.88. The zero-order chi connectivity index (χ0) is 21.0. The molecule has 0 aromatic heterocycles. The van der Waals surface area contributed by atoms with Gasteiger partial charge in [0.05, 0.1) is 6.54 Å². The Bertz CT molecular complexity index is 932. The molecule has 2 aromatic rings. The molecule has 1 unspecified atom stereocenters. The smallest absolute Gasteiger partial charge is 0.325 e. The van der Waals surface area contributed by atoms with Gasteiger partial charge in [0.1, 0.15) is 24.4 Å². The maximum Gasteiger partial charge on any atom is 0.325 e. The summed E-state index contributed by atoms with van der Waals surface area (Å²) in [6.07, 6.45) is 0. The predicted molar refractivity (Wildman–Crippen MR) is 109 cm³/mol. The molecule has 2 N–H and O–H groups in total. The van der Waals surface area contributed by atoms with Crippen molar-refractivity contribution in [3.8, 4) is 5.75 Å². The number of halogens is 1. The fraction of sp³-hybridized carbons (Fsp3) is 0.286. The number of carbonyl (C=O) groups is 3. The lowest BCUT2D eigenvalue weighted by atomic mass is 9.91. The van der Waals surface area contributed by atoms with Gasteiger partial charge in [-0.1, -0.05) is 47.5 Å². The first-order valence-electron chi connectivity index (χ1n) is 9.16. The lowest BCUT2D eigenvalue weighted by Crippen LogP contribution is -2.43. The fourth-order valence-corrected chi connectivity index (χ4v) is 3.22. The van der Waals surface area contributed by atoms with E-state index >= 15 is 0 Å². The van der Waals surface area contributed by atoms with Crippen LogP contribution in [0.3, 0.4) is 0 Å². The topological polar surface area (TPSA) is 87.7 Å². The molecule has 0 bridgehead atoms. The number of carbonyl (C=O) groups excluding carboxylic acids is 3. The molecule has 1 fully saturated rings. The minimum Gasteiger partial charge on any atom is -0.492 e. The molecule has 0 spiro atoms. The van der Waals surface area contributed by atoms with Crippen LogP contribution in [-0.2, 0) is 15.1 Å². The van der Waals surface area contributed by atoms with Crippen molar-refractivity contribution in [3.63, 3.8) is 0 Å². The van der Waals surface area contributed by atoms with Gasteiger partial charge >= 0.3 is 6.03 Å². The highest BCUT2D eigenvalue weighted by Crippen LogP contribution is 2.28. The third kappa shape index (κ3) is 4.68. The molecular weight excluding hydrogens is 394 g/mol. The quantitative estimate of drug-likeness (QED) is 0.537. The number of amides is 4. The Balaban J connectivity index is 1.53. The monoisotopic (exact) mass is 415 g/mol. The van der Waals surface area contributed by atoms with Crippen molar-refractivity contribution >= 4 is 29.4 Å². The lowest BCUT2D eigenvalue weighted by Gasteiger charge is -2.22. The molecule has 4 amide bonds. The summed E-state index contributed by atoms with van der Waals surface area (Å²) in [5, 5.41) is 5.88. The van der Waals surface area contributed by atoms with Crippen LogP contribution in [0.25, 0.3) is 0 Å². The van der Waals surface area contributed by atoms with Crippen LogP contribution in [0, 0.1) is 6.92 Å². The SMILES string of the molecule is Cc1ccc(C2(C)NC(=O)N(CC(=O)NCCOc3cccc(Cl)c3)C2=O)cc1. The van der Waals surface area contributed by atoms with Crippen LogP contribution < -0.4 is 15.4 Å². The molecule has 1 aliphatic rings. The summed E-state index contributed by atoms with van der Waals surface area (Å²) in [7, 11) is 0. The number of imide groups is 1. The number of hydrogen-bond acceptors (Lipinski definition) is 4. The standard InChI is InChI=1S/C21H22ClN3O4/c1-14-6-8-15(9-7-14)21(2)19(27)25(20(28)24-21)13-18(26)23-10-11-29-17-5-3-4-16(22)12-17/h3-9,12H,10-11,13H2,1-2H3,(H,23,26)(H,24,28). The third-order valence-electron chi connectivity index (χ3n) is 4.69. The second-order valence-electron chi connectivity index (χ2n) is 6.97. The Kier molecular flexibility index (Phi) is 6.08. The normalized spacial score (nSPS) is 18.5. The van der Waals surface area contributed by atoms with Gasteiger partial charge in [0, 0.05) is 5.02 Å². The van der Waals surface area contributed by atoms with E-state index in [9.17, 15) is 14.4 Å². The summed E-state index contributed by atoms with van der Waals surface area (Å²) in [6.45, 7) is 3.67. The van der Waals surface area contributed by atoms with Crippen molar-refractivity contribution in [3.05, 3.63) is 64.7 Å². The van der Waals surface area contributed by atoms with E-state index in [2.05, 4.69) is 10.6 Å². The van der Waals surface area contributed by atoms with Crippen molar-refractivity contribution in [1.82, 2.24) is 15.5 Å². The Labute approximate surface area is 174 Å². The van der Waals surface area contributed by atoms with E-state index in [0.29, 0.717) is 16.3 Å². The molecule has 2 aromatic carbocycles. The molecule has 8 heteroatoms. The van der Waals surface area contributed by atoms with Crippen molar-refractivity contribution in [2.75, 3.05) is 19.7 Å². The molecule has 29 heavy (non-hydrogen) atoms. The minimum absolute atomic E-state index is 0.226. The van der Waals surface area contributed by atoms with E-state index < -0.39 is 23.4 Å². The van der Waals surface area contributed by atoms with E-state index in [4.69, 9.17) is 16.3 Å². The number of aryl methyl sites for hydroxylation is 1. The first-order chi connectivity index (χ1) is 13.8. The number of rotatable bonds is 7. The summed E-state index contributed by atoms with van der Waals surface area (Å²) in [6, 6.07) is 13.7. The van der Waals surface area contributed by atoms with Gasteiger partial charge in [0.2, 0.25) is 5.91 Å². The van der Waals surface area contributed by atoms with Crippen LogP contribution in [0.2, 0.25) is 5.02 Å². The highest BCUT2D eigenvalue weighted by Gasteiger charge is 2.49. The van der Waals surface area contributed by atoms with E-state index in [-0.39, 0.29) is 19.7 Å². The van der Waals surface area contributed by atoms with Gasteiger partial charge in [-0.05, 0) is 37.6 Å². The van der Waals surface area contributed by atoms with E-state index in [0.717, 1.165) is 10.5 Å². The van der Waals surface area contributed by atoms with E-state index in [1.54, 1.807) is 43.3 Å². The Morgan fingerprint density at radius 1 is 1.21 bits per heavy atom. The van der Waals surface area contributed by atoms with Crippen LogP contribution in [-0.4, -0.2) is 42.4 Å². The maximum absolute atomic E-state index is 12.8. The highest BCUT2D eigenvalue weighted by atomic mass is 35.5. The molecule has 1 aliphatic heterocycles. The van der Waals surface area contributed by atoms with Crippen LogP contribution in [0.1, 0.15) is 18.1 Å². The Morgan fingerprint density at radius 3 is 2.62 bits per heavy atom. The number of nitrogens with zero attached hydrogens (tertiary/aromatic N) is 1. The summed E-state index contributed by atoms with van der Waals surface area (Å²) in [5.41, 5.74) is 0.519. The van der Waals surface area contributed by atoms with Gasteiger partial charge in [0.25, 0.3) is 5.91 Å². The van der Waals surface area contributed by atoms with Crippen molar-refractivity contribution in [2.45, 2.75) is 19.4 Å². The molecule has 7 nitrogen and oxygen atoms in total. The summed E-state index contributed by atoms with van der Waals surface area (Å²) in [5.74, 6) is -0.317. The molecule has 152 valence electrons. The molecule has 3 rings (SSSR count). The summed E-state index contributed by atoms with van der Waals surface area (Å²) in [4.78, 5) is 38.2. The van der Waals surface area contributed by atoms with Gasteiger partial charge in [-0.2, -0.15) is 0 Å². The van der Waals surface area contributed by atoms with Crippen molar-refractivity contribution in [1.29, 1.82) is 0 Å². The number of nitrogens with one attached hydrogen (secondary N) is 2. The number of urea groups is 1. The van der Waals surface area contributed by atoms with Gasteiger partial charge < -0.3 is 15.4 Å². The third-order valence-corrected chi connectivity index (χ3v) is 4.93. The molecule has 0 radical (unpaired) electrons. The van der Waals surface area contributed by atoms with Gasteiger partial charge in [-0.15, -0.1) is 0 Å². The first-order valence-corrected chi connectivity index (χ1v) is 9.54. The van der Waals surface area contributed by atoms with Crippen molar-refractivity contribution in [2.24, 2.45) is 0 Å². The van der Waals surface area contributed by atoms with Crippen LogP contribution in [0.5, 0.6) is 5.75 Å². The average molecular weight is 416 g/mol. The second kappa shape index (κ2) is 8.53. The number of hydrogen-bond donors (Lipinski definition) is 2. The number of benzene rings is 2. The van der Waals surface area contributed by atoms with Crippen molar-refractivity contribution < 1.29 is 19.1 Å². The highest BCUT2D eigenvalue weighted by molar-refractivity contribution is 6.30. The van der Waals surface area contributed by atoms with Crippen LogP contribution in [0.4, 0.5) is 4.79 Å². The van der Waals surface area contributed by atoms with E-state index in [1.807, 2.05) is 19.1 Å². The van der Waals surface area contributed by atoms with Crippen LogP contribution in [0.15, 0.2) is 48.5 Å². The molecular formula is C21H22ClN3O4. The Hall–Kier alpha value is -3.06.